The summed E-state index contributed by atoms with van der Waals surface area (Å²) in [6.07, 6.45) is 2.35. The molecule has 0 spiro atoms. The number of nitrogens with zero attached hydrogens (tertiary/aromatic N) is 2. The number of carbonyl (C=O) groups excluding carboxylic acids is 1. The fourth-order valence-electron chi connectivity index (χ4n) is 3.05. The third kappa shape index (κ3) is 2.18. The van der Waals surface area contributed by atoms with Crippen molar-refractivity contribution in [1.29, 1.82) is 0 Å². The Morgan fingerprint density at radius 2 is 2.00 bits per heavy atom. The molecule has 2 rings (SSSR count). The van der Waals surface area contributed by atoms with Crippen molar-refractivity contribution in [3.05, 3.63) is 5.53 Å². The van der Waals surface area contributed by atoms with Gasteiger partial charge < -0.3 is 5.53 Å². The maximum absolute atomic E-state index is 11.9. The maximum Gasteiger partial charge on any atom is 0.334 e. The van der Waals surface area contributed by atoms with Gasteiger partial charge in [0.05, 0.1) is 11.7 Å². The van der Waals surface area contributed by atoms with Crippen molar-refractivity contribution in [2.45, 2.75) is 37.4 Å². The highest BCUT2D eigenvalue weighted by Crippen LogP contribution is 2.40. The maximum atomic E-state index is 11.9. The first kappa shape index (κ1) is 12.4. The van der Waals surface area contributed by atoms with Crippen LogP contribution in [-0.4, -0.2) is 34.5 Å². The van der Waals surface area contributed by atoms with Gasteiger partial charge in [0.2, 0.25) is 5.78 Å². The zero-order chi connectivity index (χ0) is 12.6. The first-order valence-electron chi connectivity index (χ1n) is 5.66. The predicted molar refractivity (Wildman–Crippen MR) is 59.0 cm³/mol. The molecule has 0 aromatic heterocycles. The van der Waals surface area contributed by atoms with E-state index in [1.54, 1.807) is 0 Å². The lowest BCUT2D eigenvalue weighted by Gasteiger charge is -2.36. The third-order valence-electron chi connectivity index (χ3n) is 3.84. The molecule has 3 atom stereocenters. The van der Waals surface area contributed by atoms with Gasteiger partial charge in [-0.25, -0.2) is 0 Å². The summed E-state index contributed by atoms with van der Waals surface area (Å²) in [6, 6.07) is 0. The van der Waals surface area contributed by atoms with Crippen LogP contribution in [-0.2, 0) is 14.9 Å². The number of hydrogen-bond acceptors (Lipinski definition) is 3. The molecule has 2 aliphatic rings. The summed E-state index contributed by atoms with van der Waals surface area (Å²) in [5.41, 5.74) is 8.80. The molecule has 1 N–H and O–H groups in total. The summed E-state index contributed by atoms with van der Waals surface area (Å²) in [5.74, 6) is -1.02. The second-order valence-corrected chi connectivity index (χ2v) is 6.34. The molecule has 2 aliphatic carbocycles. The van der Waals surface area contributed by atoms with Crippen LogP contribution >= 0.6 is 0 Å². The van der Waals surface area contributed by atoms with Crippen molar-refractivity contribution in [2.24, 2.45) is 11.8 Å². The predicted octanol–water partition coefficient (Wildman–Crippen LogP) is 0.693. The number of rotatable bonds is 1. The molecule has 0 aromatic rings. The van der Waals surface area contributed by atoms with E-state index in [-0.39, 0.29) is 23.8 Å². The average Bonchev–Trinajstić information content (AvgIpc) is 2.28. The van der Waals surface area contributed by atoms with Crippen LogP contribution in [0.2, 0.25) is 0 Å². The van der Waals surface area contributed by atoms with Gasteiger partial charge in [0.1, 0.15) is 0 Å². The van der Waals surface area contributed by atoms with E-state index in [1.807, 2.05) is 0 Å². The van der Waals surface area contributed by atoms with Gasteiger partial charge in [-0.2, -0.15) is 13.2 Å². The first-order chi connectivity index (χ1) is 7.95. The number of carbonyl (C=O) groups is 1. The monoisotopic (exact) mass is 258 g/mol. The lowest BCUT2D eigenvalue weighted by atomic mass is 9.69. The van der Waals surface area contributed by atoms with Crippen molar-refractivity contribution in [3.8, 4) is 0 Å². The van der Waals surface area contributed by atoms with Crippen LogP contribution in [0.15, 0.2) is 0 Å². The molecule has 0 aliphatic heterocycles. The molecule has 0 saturated heterocycles. The molecule has 6 nitrogen and oxygen atoms in total. The molecule has 2 saturated carbocycles. The second kappa shape index (κ2) is 4.33. The van der Waals surface area contributed by atoms with Crippen LogP contribution in [0.1, 0.15) is 32.1 Å². The van der Waals surface area contributed by atoms with E-state index in [1.165, 1.54) is 0 Å². The largest absolute Gasteiger partial charge is 0.361 e. The van der Waals surface area contributed by atoms with Crippen molar-refractivity contribution in [1.82, 2.24) is 0 Å². The Labute approximate surface area is 99.4 Å². The van der Waals surface area contributed by atoms with Crippen molar-refractivity contribution >= 4 is 21.6 Å². The summed E-state index contributed by atoms with van der Waals surface area (Å²) < 4.78 is 31.7. The number of ketones is 1. The minimum atomic E-state index is -4.10. The Balaban J connectivity index is 2.31. The van der Waals surface area contributed by atoms with Gasteiger partial charge >= 0.3 is 5.71 Å². The van der Waals surface area contributed by atoms with Crippen molar-refractivity contribution in [2.75, 3.05) is 0 Å². The summed E-state index contributed by atoms with van der Waals surface area (Å²) in [6.45, 7) is 0. The van der Waals surface area contributed by atoms with Gasteiger partial charge in [-0.3, -0.25) is 9.35 Å². The van der Waals surface area contributed by atoms with Crippen LogP contribution in [0.25, 0.3) is 5.53 Å². The minimum Gasteiger partial charge on any atom is -0.361 e. The van der Waals surface area contributed by atoms with Crippen LogP contribution in [0.4, 0.5) is 0 Å². The van der Waals surface area contributed by atoms with Gasteiger partial charge in [-0.05, 0) is 25.2 Å². The Morgan fingerprint density at radius 1 is 1.29 bits per heavy atom. The van der Waals surface area contributed by atoms with Gasteiger partial charge in [-0.1, -0.05) is 6.42 Å². The van der Waals surface area contributed by atoms with Crippen molar-refractivity contribution in [3.63, 3.8) is 0 Å². The molecule has 17 heavy (non-hydrogen) atoms. The molecular formula is C10H14N2O4S. The van der Waals surface area contributed by atoms with E-state index >= 15 is 0 Å². The van der Waals surface area contributed by atoms with Crippen LogP contribution in [0, 0.1) is 11.8 Å². The van der Waals surface area contributed by atoms with Crippen LogP contribution < -0.4 is 0 Å². The fraction of sp³-hybridized carbons (Fsp3) is 0.800. The molecular weight excluding hydrogens is 244 g/mol. The molecule has 3 unspecified atom stereocenters. The van der Waals surface area contributed by atoms with E-state index in [4.69, 9.17) is 5.53 Å². The highest BCUT2D eigenvalue weighted by atomic mass is 32.2. The van der Waals surface area contributed by atoms with E-state index in [0.717, 1.165) is 0 Å². The first-order valence-corrected chi connectivity index (χ1v) is 7.17. The standard InChI is InChI=1S/C10H14N2O4S/c11-12-8-5-4-6-7(10(8)13)2-1-3-9(6)17(14,15)16/h6-7,9H,1-5H2,(H,14,15,16). The van der Waals surface area contributed by atoms with E-state index in [9.17, 15) is 17.8 Å². The van der Waals surface area contributed by atoms with E-state index < -0.39 is 21.3 Å². The second-order valence-electron chi connectivity index (χ2n) is 4.70. The fourth-order valence-corrected chi connectivity index (χ4v) is 4.28. The van der Waals surface area contributed by atoms with E-state index in [0.29, 0.717) is 25.7 Å². The highest BCUT2D eigenvalue weighted by Gasteiger charge is 2.48. The zero-order valence-electron chi connectivity index (χ0n) is 9.24. The molecule has 0 aromatic carbocycles. The third-order valence-corrected chi connectivity index (χ3v) is 5.19. The zero-order valence-corrected chi connectivity index (χ0v) is 10.1. The minimum absolute atomic E-state index is 0.127. The topological polar surface area (TPSA) is 108 Å². The van der Waals surface area contributed by atoms with Gasteiger partial charge in [0, 0.05) is 5.92 Å². The van der Waals surface area contributed by atoms with Gasteiger partial charge in [-0.15, -0.1) is 0 Å². The highest BCUT2D eigenvalue weighted by molar-refractivity contribution is 7.86. The Kier molecular flexibility index (Phi) is 3.16. The summed E-state index contributed by atoms with van der Waals surface area (Å²) in [4.78, 5) is 14.9. The van der Waals surface area contributed by atoms with Crippen LogP contribution in [0.5, 0.6) is 0 Å². The van der Waals surface area contributed by atoms with Crippen molar-refractivity contribution < 1.29 is 22.6 Å². The summed E-state index contributed by atoms with van der Waals surface area (Å²) >= 11 is 0. The molecule has 0 amide bonds. The molecule has 94 valence electrons. The smallest absolute Gasteiger partial charge is 0.334 e. The lowest BCUT2D eigenvalue weighted by molar-refractivity contribution is -0.125. The number of Topliss-reactive ketones (excluding diaryl/α,β-unsaturated/α-hetero) is 1. The Hall–Kier alpha value is -1.04. The summed E-state index contributed by atoms with van der Waals surface area (Å²) in [7, 11) is -4.10. The van der Waals surface area contributed by atoms with Gasteiger partial charge in [0.25, 0.3) is 10.1 Å². The SMILES string of the molecule is [N-]=[N+]=C1CCC2C(CCCC2S(=O)(=O)O)C1=O. The molecule has 0 heterocycles. The summed E-state index contributed by atoms with van der Waals surface area (Å²) in [5, 5.41) is -0.842. The quantitative estimate of drug-likeness (QED) is 0.424. The lowest BCUT2D eigenvalue weighted by Crippen LogP contribution is -2.46. The average molecular weight is 258 g/mol. The molecule has 0 bridgehead atoms. The normalized spacial score (nSPS) is 34.1. The van der Waals surface area contributed by atoms with E-state index in [2.05, 4.69) is 4.79 Å². The van der Waals surface area contributed by atoms with Gasteiger partial charge in [0.15, 0.2) is 0 Å². The number of hydrogen-bond donors (Lipinski definition) is 1. The Morgan fingerprint density at radius 3 is 2.59 bits per heavy atom. The van der Waals surface area contributed by atoms with Crippen LogP contribution in [0.3, 0.4) is 0 Å². The Bertz CT molecular complexity index is 492. The molecule has 7 heteroatoms. The number of fused-ring (bicyclic) bond motifs is 1. The molecule has 2 fully saturated rings. The molecule has 0 radical (unpaired) electrons.